The lowest BCUT2D eigenvalue weighted by Crippen LogP contribution is -3.17. The van der Waals surface area contributed by atoms with Crippen LogP contribution >= 0.6 is 11.3 Å². The molecule has 27 heavy (non-hydrogen) atoms. The Morgan fingerprint density at radius 3 is 2.85 bits per heavy atom. The van der Waals surface area contributed by atoms with E-state index in [0.29, 0.717) is 5.92 Å². The molecular weight excluding hydrogens is 361 g/mol. The van der Waals surface area contributed by atoms with Gasteiger partial charge in [-0.2, -0.15) is 0 Å². The molecule has 4 nitrogen and oxygen atoms in total. The molecule has 2 N–H and O–H groups in total. The molecule has 0 radical (unpaired) electrons. The number of carbonyl (C=O) groups is 1. The van der Waals surface area contributed by atoms with E-state index in [1.54, 1.807) is 29.5 Å². The SMILES string of the molecule is C[C@H](C(=O)Nc1ccccc1F)[NH+]1CCC[C@H](c2nc3ccccc3s2)C1. The first-order valence-electron chi connectivity index (χ1n) is 9.37. The van der Waals surface area contributed by atoms with E-state index in [-0.39, 0.29) is 17.6 Å². The molecule has 4 rings (SSSR count). The first-order valence-corrected chi connectivity index (χ1v) is 10.2. The van der Waals surface area contributed by atoms with Crippen molar-refractivity contribution in [3.63, 3.8) is 0 Å². The number of hydrogen-bond donors (Lipinski definition) is 2. The van der Waals surface area contributed by atoms with Gasteiger partial charge in [-0.1, -0.05) is 24.3 Å². The Hall–Kier alpha value is -2.31. The van der Waals surface area contributed by atoms with Crippen molar-refractivity contribution in [2.45, 2.75) is 31.7 Å². The molecular formula is C21H23FN3OS+. The standard InChI is InChI=1S/C21H22FN3OS/c1-14(20(26)23-17-9-3-2-8-16(17)22)25-12-6-7-15(13-25)21-24-18-10-4-5-11-19(18)27-21/h2-5,8-11,14-15H,6-7,12-13H2,1H3,(H,23,26)/p+1/t14-,15+/m1/s1. The maximum absolute atomic E-state index is 13.8. The van der Waals surface area contributed by atoms with Crippen LogP contribution in [-0.4, -0.2) is 30.0 Å². The van der Waals surface area contributed by atoms with Crippen LogP contribution in [0.5, 0.6) is 0 Å². The van der Waals surface area contributed by atoms with Crippen LogP contribution in [0.15, 0.2) is 48.5 Å². The molecule has 0 aliphatic carbocycles. The van der Waals surface area contributed by atoms with Crippen molar-refractivity contribution in [2.24, 2.45) is 0 Å². The van der Waals surface area contributed by atoms with Crippen LogP contribution < -0.4 is 10.2 Å². The fraction of sp³-hybridized carbons (Fsp3) is 0.333. The summed E-state index contributed by atoms with van der Waals surface area (Å²) in [6, 6.07) is 14.3. The number of fused-ring (bicyclic) bond motifs is 1. The number of thiazole rings is 1. The monoisotopic (exact) mass is 384 g/mol. The topological polar surface area (TPSA) is 46.4 Å². The second-order valence-electron chi connectivity index (χ2n) is 7.16. The highest BCUT2D eigenvalue weighted by Gasteiger charge is 2.33. The molecule has 1 amide bonds. The number of rotatable bonds is 4. The molecule has 0 saturated carbocycles. The first-order chi connectivity index (χ1) is 13.1. The van der Waals surface area contributed by atoms with Crippen molar-refractivity contribution in [3.8, 4) is 0 Å². The number of likely N-dealkylation sites (tertiary alicyclic amines) is 1. The number of carbonyl (C=O) groups excluding carboxylic acids is 1. The Morgan fingerprint density at radius 1 is 1.26 bits per heavy atom. The van der Waals surface area contributed by atoms with Crippen LogP contribution in [0, 0.1) is 5.82 Å². The molecule has 3 aromatic rings. The zero-order valence-corrected chi connectivity index (χ0v) is 16.1. The molecule has 1 unspecified atom stereocenters. The molecule has 1 saturated heterocycles. The second-order valence-corrected chi connectivity index (χ2v) is 8.22. The lowest BCUT2D eigenvalue weighted by Gasteiger charge is -2.32. The summed E-state index contributed by atoms with van der Waals surface area (Å²) in [6.45, 7) is 3.76. The quantitative estimate of drug-likeness (QED) is 0.726. The first kappa shape index (κ1) is 18.1. The summed E-state index contributed by atoms with van der Waals surface area (Å²) in [4.78, 5) is 18.7. The van der Waals surface area contributed by atoms with Crippen molar-refractivity contribution in [3.05, 3.63) is 59.4 Å². The van der Waals surface area contributed by atoms with Crippen LogP contribution in [0.3, 0.4) is 0 Å². The minimum absolute atomic E-state index is 0.139. The number of nitrogens with one attached hydrogen (secondary N) is 2. The molecule has 6 heteroatoms. The zero-order chi connectivity index (χ0) is 18.8. The Labute approximate surface area is 162 Å². The van der Waals surface area contributed by atoms with Gasteiger partial charge >= 0.3 is 0 Å². The zero-order valence-electron chi connectivity index (χ0n) is 15.2. The number of para-hydroxylation sites is 2. The Kier molecular flexibility index (Phi) is 5.18. The molecule has 3 atom stereocenters. The maximum Gasteiger partial charge on any atom is 0.282 e. The van der Waals surface area contributed by atoms with Crippen molar-refractivity contribution < 1.29 is 14.1 Å². The summed E-state index contributed by atoms with van der Waals surface area (Å²) >= 11 is 1.76. The van der Waals surface area contributed by atoms with Crippen LogP contribution in [0.1, 0.15) is 30.7 Å². The van der Waals surface area contributed by atoms with E-state index in [1.807, 2.05) is 25.1 Å². The van der Waals surface area contributed by atoms with Gasteiger partial charge < -0.3 is 10.2 Å². The molecule has 1 aromatic heterocycles. The van der Waals surface area contributed by atoms with E-state index in [9.17, 15) is 9.18 Å². The van der Waals surface area contributed by atoms with Gasteiger partial charge in [-0.25, -0.2) is 9.37 Å². The fourth-order valence-electron chi connectivity index (χ4n) is 3.75. The summed E-state index contributed by atoms with van der Waals surface area (Å²) in [5.41, 5.74) is 1.29. The van der Waals surface area contributed by atoms with Gasteiger partial charge in [0.1, 0.15) is 10.8 Å². The summed E-state index contributed by atoms with van der Waals surface area (Å²) in [7, 11) is 0. The van der Waals surface area contributed by atoms with Gasteiger partial charge in [0, 0.05) is 0 Å². The van der Waals surface area contributed by atoms with Crippen LogP contribution in [0.2, 0.25) is 0 Å². The molecule has 0 spiro atoms. The number of quaternary nitrogens is 1. The van der Waals surface area contributed by atoms with Gasteiger partial charge in [-0.15, -0.1) is 11.3 Å². The number of anilines is 1. The van der Waals surface area contributed by atoms with E-state index in [0.717, 1.165) is 36.5 Å². The molecule has 0 bridgehead atoms. The fourth-order valence-corrected chi connectivity index (χ4v) is 4.86. The third-order valence-electron chi connectivity index (χ3n) is 5.36. The molecule has 140 valence electrons. The predicted molar refractivity (Wildman–Crippen MR) is 107 cm³/mol. The number of piperidine rings is 1. The summed E-state index contributed by atoms with van der Waals surface area (Å²) in [6.07, 6.45) is 2.16. The van der Waals surface area contributed by atoms with Crippen molar-refractivity contribution >= 4 is 33.1 Å². The lowest BCUT2D eigenvalue weighted by atomic mass is 9.97. The average molecular weight is 385 g/mol. The number of halogens is 1. The third-order valence-corrected chi connectivity index (χ3v) is 6.56. The molecule has 1 aliphatic rings. The summed E-state index contributed by atoms with van der Waals surface area (Å²) in [5.74, 6) is -0.172. The van der Waals surface area contributed by atoms with Gasteiger partial charge in [0.05, 0.1) is 34.9 Å². The molecule has 2 heterocycles. The van der Waals surface area contributed by atoms with Gasteiger partial charge in [0.25, 0.3) is 5.91 Å². The minimum Gasteiger partial charge on any atom is -0.324 e. The Balaban J connectivity index is 1.45. The maximum atomic E-state index is 13.8. The number of nitrogens with zero attached hydrogens (tertiary/aromatic N) is 1. The van der Waals surface area contributed by atoms with Crippen molar-refractivity contribution in [1.29, 1.82) is 0 Å². The minimum atomic E-state index is -0.404. The van der Waals surface area contributed by atoms with E-state index >= 15 is 0 Å². The van der Waals surface area contributed by atoms with Crippen LogP contribution in [0.4, 0.5) is 10.1 Å². The molecule has 1 fully saturated rings. The summed E-state index contributed by atoms with van der Waals surface area (Å²) < 4.78 is 15.0. The van der Waals surface area contributed by atoms with Gasteiger partial charge in [0.2, 0.25) is 0 Å². The average Bonchev–Trinajstić information content (AvgIpc) is 3.13. The largest absolute Gasteiger partial charge is 0.324 e. The van der Waals surface area contributed by atoms with E-state index in [1.165, 1.54) is 15.7 Å². The van der Waals surface area contributed by atoms with Crippen molar-refractivity contribution in [1.82, 2.24) is 4.98 Å². The van der Waals surface area contributed by atoms with Crippen molar-refractivity contribution in [2.75, 3.05) is 18.4 Å². The highest BCUT2D eigenvalue weighted by Crippen LogP contribution is 2.30. The Bertz CT molecular complexity index is 924. The Morgan fingerprint density at radius 2 is 2.04 bits per heavy atom. The van der Waals surface area contributed by atoms with E-state index in [4.69, 9.17) is 4.98 Å². The second kappa shape index (κ2) is 7.74. The predicted octanol–water partition coefficient (Wildman–Crippen LogP) is 3.22. The number of aromatic nitrogens is 1. The molecule has 1 aliphatic heterocycles. The van der Waals surface area contributed by atoms with E-state index < -0.39 is 5.82 Å². The van der Waals surface area contributed by atoms with Gasteiger partial charge in [-0.3, -0.25) is 4.79 Å². The number of benzene rings is 2. The normalized spacial score (nSPS) is 21.1. The highest BCUT2D eigenvalue weighted by molar-refractivity contribution is 7.18. The van der Waals surface area contributed by atoms with Crippen LogP contribution in [0.25, 0.3) is 10.2 Å². The highest BCUT2D eigenvalue weighted by atomic mass is 32.1. The van der Waals surface area contributed by atoms with E-state index in [2.05, 4.69) is 11.4 Å². The smallest absolute Gasteiger partial charge is 0.282 e. The molecule has 2 aromatic carbocycles. The number of amides is 1. The van der Waals surface area contributed by atoms with Crippen LogP contribution in [-0.2, 0) is 4.79 Å². The van der Waals surface area contributed by atoms with Gasteiger partial charge in [-0.05, 0) is 44.0 Å². The summed E-state index contributed by atoms with van der Waals surface area (Å²) in [5, 5.41) is 3.90. The number of hydrogen-bond acceptors (Lipinski definition) is 3. The third kappa shape index (κ3) is 3.87. The lowest BCUT2D eigenvalue weighted by molar-refractivity contribution is -0.920. The van der Waals surface area contributed by atoms with Gasteiger partial charge in [0.15, 0.2) is 6.04 Å².